The summed E-state index contributed by atoms with van der Waals surface area (Å²) in [7, 11) is 1.61. The summed E-state index contributed by atoms with van der Waals surface area (Å²) in [6, 6.07) is 17.1. The van der Waals surface area contributed by atoms with Crippen LogP contribution in [0.1, 0.15) is 17.7 Å². The van der Waals surface area contributed by atoms with Crippen LogP contribution in [0.15, 0.2) is 67.0 Å². The van der Waals surface area contributed by atoms with Gasteiger partial charge in [0.2, 0.25) is 11.8 Å². The topological polar surface area (TPSA) is 67.8 Å². The Labute approximate surface area is 181 Å². The van der Waals surface area contributed by atoms with Crippen molar-refractivity contribution in [1.29, 1.82) is 0 Å². The van der Waals surface area contributed by atoms with E-state index in [1.165, 1.54) is 0 Å². The fourth-order valence-corrected chi connectivity index (χ4v) is 4.34. The van der Waals surface area contributed by atoms with Gasteiger partial charge in [0.05, 0.1) is 31.1 Å². The van der Waals surface area contributed by atoms with Crippen molar-refractivity contribution in [2.75, 3.05) is 18.6 Å². The Kier molecular flexibility index (Phi) is 5.26. The number of likely N-dealkylation sites (tertiary alicyclic amines) is 1. The second-order valence-corrected chi connectivity index (χ2v) is 7.85. The quantitative estimate of drug-likeness (QED) is 0.637. The molecule has 7 heteroatoms. The summed E-state index contributed by atoms with van der Waals surface area (Å²) < 4.78 is 11.6. The lowest BCUT2D eigenvalue weighted by molar-refractivity contribution is -0.123. The van der Waals surface area contributed by atoms with Gasteiger partial charge in [0, 0.05) is 38.0 Å². The van der Waals surface area contributed by atoms with Crippen LogP contribution in [0, 0.1) is 0 Å². The van der Waals surface area contributed by atoms with Gasteiger partial charge in [-0.3, -0.25) is 14.7 Å². The molecule has 0 spiro atoms. The highest BCUT2D eigenvalue weighted by atomic mass is 16.5. The standard InChI is InChI=1S/C24H24N4O3/c1-30-23-10-4-7-18(26-23)15-27-16-19-12-21(27)24(29)28(14-17-6-5-11-25-13-17)20-8-2-3-9-22(20)31-19/h2-11,13,19,21H,12,14-16H2,1H3. The number of benzene rings is 1. The number of nitrogens with zero attached hydrogens (tertiary/aromatic N) is 4. The molecule has 2 aliphatic heterocycles. The molecule has 5 rings (SSSR count). The summed E-state index contributed by atoms with van der Waals surface area (Å²) in [6.07, 6.45) is 4.15. The van der Waals surface area contributed by atoms with E-state index in [1.54, 1.807) is 19.5 Å². The second kappa shape index (κ2) is 8.35. The number of carbonyl (C=O) groups excluding carboxylic acids is 1. The van der Waals surface area contributed by atoms with Crippen molar-refractivity contribution < 1.29 is 14.3 Å². The minimum Gasteiger partial charge on any atom is -0.487 e. The minimum absolute atomic E-state index is 0.0405. The van der Waals surface area contributed by atoms with Crippen molar-refractivity contribution in [3.8, 4) is 11.6 Å². The monoisotopic (exact) mass is 416 g/mol. The second-order valence-electron chi connectivity index (χ2n) is 7.85. The Morgan fingerprint density at radius 1 is 1.10 bits per heavy atom. The van der Waals surface area contributed by atoms with E-state index < -0.39 is 0 Å². The molecule has 2 aliphatic rings. The molecule has 0 radical (unpaired) electrons. The summed E-state index contributed by atoms with van der Waals surface area (Å²) in [4.78, 5) is 26.5. The predicted octanol–water partition coefficient (Wildman–Crippen LogP) is 3.05. The first-order valence-electron chi connectivity index (χ1n) is 10.4. The highest BCUT2D eigenvalue weighted by molar-refractivity contribution is 5.99. The lowest BCUT2D eigenvalue weighted by Gasteiger charge is -2.31. The van der Waals surface area contributed by atoms with E-state index in [9.17, 15) is 4.79 Å². The first-order valence-corrected chi connectivity index (χ1v) is 10.4. The molecular weight excluding hydrogens is 392 g/mol. The van der Waals surface area contributed by atoms with Crippen molar-refractivity contribution in [2.24, 2.45) is 0 Å². The lowest BCUT2D eigenvalue weighted by Crippen LogP contribution is -2.45. The van der Waals surface area contributed by atoms with Gasteiger partial charge < -0.3 is 14.4 Å². The smallest absolute Gasteiger partial charge is 0.244 e. The maximum atomic E-state index is 13.8. The summed E-state index contributed by atoms with van der Waals surface area (Å²) in [5, 5.41) is 0. The van der Waals surface area contributed by atoms with Crippen LogP contribution in [0.25, 0.3) is 0 Å². The zero-order valence-corrected chi connectivity index (χ0v) is 17.3. The fraction of sp³-hybridized carbons (Fsp3) is 0.292. The molecule has 3 aromatic rings. The Balaban J connectivity index is 1.47. The third-order valence-corrected chi connectivity index (χ3v) is 5.78. The molecule has 158 valence electrons. The van der Waals surface area contributed by atoms with Crippen LogP contribution in [0.5, 0.6) is 11.6 Å². The molecule has 2 bridgehead atoms. The van der Waals surface area contributed by atoms with Crippen LogP contribution in [0.3, 0.4) is 0 Å². The molecule has 0 aliphatic carbocycles. The van der Waals surface area contributed by atoms with E-state index in [4.69, 9.17) is 9.47 Å². The number of carbonyl (C=O) groups is 1. The fourth-order valence-electron chi connectivity index (χ4n) is 4.34. The first-order chi connectivity index (χ1) is 15.2. The zero-order valence-electron chi connectivity index (χ0n) is 17.3. The number of pyridine rings is 2. The van der Waals surface area contributed by atoms with E-state index in [0.29, 0.717) is 31.9 Å². The van der Waals surface area contributed by atoms with Gasteiger partial charge >= 0.3 is 0 Å². The van der Waals surface area contributed by atoms with E-state index in [-0.39, 0.29) is 18.1 Å². The predicted molar refractivity (Wildman–Crippen MR) is 116 cm³/mol. The van der Waals surface area contributed by atoms with Crippen LogP contribution >= 0.6 is 0 Å². The molecule has 1 amide bonds. The van der Waals surface area contributed by atoms with E-state index in [2.05, 4.69) is 14.9 Å². The van der Waals surface area contributed by atoms with Crippen molar-refractivity contribution in [1.82, 2.24) is 14.9 Å². The highest BCUT2D eigenvalue weighted by Gasteiger charge is 2.43. The number of rotatable bonds is 5. The lowest BCUT2D eigenvalue weighted by atomic mass is 10.1. The molecule has 2 unspecified atom stereocenters. The van der Waals surface area contributed by atoms with Crippen LogP contribution in [-0.2, 0) is 17.9 Å². The number of aromatic nitrogens is 2. The molecule has 31 heavy (non-hydrogen) atoms. The van der Waals surface area contributed by atoms with Gasteiger partial charge in [0.15, 0.2) is 0 Å². The van der Waals surface area contributed by atoms with Crippen LogP contribution in [-0.4, -0.2) is 46.6 Å². The molecule has 0 N–H and O–H groups in total. The van der Waals surface area contributed by atoms with Gasteiger partial charge in [-0.1, -0.05) is 24.3 Å². The molecule has 1 fully saturated rings. The average Bonchev–Trinajstić information content (AvgIpc) is 3.21. The first kappa shape index (κ1) is 19.5. The van der Waals surface area contributed by atoms with Crippen molar-refractivity contribution >= 4 is 11.6 Å². The van der Waals surface area contributed by atoms with Crippen molar-refractivity contribution in [3.05, 3.63) is 78.2 Å². The molecule has 1 aromatic carbocycles. The Morgan fingerprint density at radius 2 is 2.00 bits per heavy atom. The van der Waals surface area contributed by atoms with Gasteiger partial charge in [0.25, 0.3) is 0 Å². The zero-order chi connectivity index (χ0) is 21.2. The van der Waals surface area contributed by atoms with Crippen LogP contribution in [0.4, 0.5) is 5.69 Å². The Bertz CT molecular complexity index is 1080. The van der Waals surface area contributed by atoms with Gasteiger partial charge in [-0.2, -0.15) is 0 Å². The number of ether oxygens (including phenoxy) is 2. The average molecular weight is 416 g/mol. The minimum atomic E-state index is -0.275. The molecule has 0 saturated carbocycles. The summed E-state index contributed by atoms with van der Waals surface area (Å²) >= 11 is 0. The van der Waals surface area contributed by atoms with Crippen molar-refractivity contribution in [2.45, 2.75) is 31.7 Å². The van der Waals surface area contributed by atoms with Crippen LogP contribution < -0.4 is 14.4 Å². The summed E-state index contributed by atoms with van der Waals surface area (Å²) in [5.41, 5.74) is 2.64. The number of methoxy groups -OCH3 is 1. The molecule has 2 atom stereocenters. The molecule has 1 saturated heterocycles. The number of fused-ring (bicyclic) bond motifs is 3. The Hall–Kier alpha value is -3.45. The van der Waals surface area contributed by atoms with E-state index in [1.807, 2.05) is 59.5 Å². The third kappa shape index (κ3) is 3.96. The summed E-state index contributed by atoms with van der Waals surface area (Å²) in [6.45, 7) is 1.67. The summed E-state index contributed by atoms with van der Waals surface area (Å²) in [5.74, 6) is 1.39. The number of para-hydroxylation sites is 2. The molecule has 7 nitrogen and oxygen atoms in total. The maximum Gasteiger partial charge on any atom is 0.244 e. The molecule has 2 aromatic heterocycles. The largest absolute Gasteiger partial charge is 0.487 e. The normalized spacial score (nSPS) is 20.5. The van der Waals surface area contributed by atoms with Gasteiger partial charge in [-0.25, -0.2) is 4.98 Å². The van der Waals surface area contributed by atoms with Gasteiger partial charge in [-0.15, -0.1) is 0 Å². The number of amides is 1. The van der Waals surface area contributed by atoms with Crippen LogP contribution in [0.2, 0.25) is 0 Å². The Morgan fingerprint density at radius 3 is 2.84 bits per heavy atom. The molecule has 4 heterocycles. The maximum absolute atomic E-state index is 13.8. The van der Waals surface area contributed by atoms with Crippen molar-refractivity contribution in [3.63, 3.8) is 0 Å². The van der Waals surface area contributed by atoms with Gasteiger partial charge in [0.1, 0.15) is 11.9 Å². The molecular formula is C24H24N4O3. The third-order valence-electron chi connectivity index (χ3n) is 5.78. The number of hydrogen-bond donors (Lipinski definition) is 0. The highest BCUT2D eigenvalue weighted by Crippen LogP contribution is 2.37. The number of hydrogen-bond acceptors (Lipinski definition) is 6. The van der Waals surface area contributed by atoms with E-state index in [0.717, 1.165) is 22.7 Å². The van der Waals surface area contributed by atoms with Gasteiger partial charge in [-0.05, 0) is 29.8 Å². The SMILES string of the molecule is COc1cccc(CN2CC3CC2C(=O)N(Cc2cccnc2)c2ccccc2O3)n1. The van der Waals surface area contributed by atoms with E-state index >= 15 is 0 Å². The number of anilines is 1.